The molecular formula is C22H35NO5. The van der Waals surface area contributed by atoms with Gasteiger partial charge in [0.25, 0.3) is 0 Å². The number of likely N-dealkylation sites (tertiary alicyclic amines) is 1. The van der Waals surface area contributed by atoms with Crippen molar-refractivity contribution >= 4 is 5.91 Å². The van der Waals surface area contributed by atoms with Gasteiger partial charge in [0, 0.05) is 24.4 Å². The summed E-state index contributed by atoms with van der Waals surface area (Å²) in [4.78, 5) is 13.7. The van der Waals surface area contributed by atoms with Gasteiger partial charge in [-0.25, -0.2) is 0 Å². The van der Waals surface area contributed by atoms with Crippen molar-refractivity contribution in [2.45, 2.75) is 53.1 Å². The molecule has 0 aliphatic carbocycles. The van der Waals surface area contributed by atoms with E-state index in [-0.39, 0.29) is 17.2 Å². The van der Waals surface area contributed by atoms with Crippen LogP contribution in [0, 0.1) is 10.8 Å². The van der Waals surface area contributed by atoms with Gasteiger partial charge >= 0.3 is 0 Å². The molecule has 158 valence electrons. The molecule has 1 aliphatic rings. The Labute approximate surface area is 168 Å². The zero-order valence-corrected chi connectivity index (χ0v) is 18.0. The number of carbonyl (C=O) groups excluding carboxylic acids is 1. The largest absolute Gasteiger partial charge is 0.493 e. The third-order valence-electron chi connectivity index (χ3n) is 5.87. The van der Waals surface area contributed by atoms with E-state index < -0.39 is 18.1 Å². The van der Waals surface area contributed by atoms with Crippen molar-refractivity contribution in [2.75, 3.05) is 33.4 Å². The first kappa shape index (κ1) is 22.5. The first-order valence-electron chi connectivity index (χ1n) is 9.89. The fourth-order valence-electron chi connectivity index (χ4n) is 3.70. The number of carbonyl (C=O) groups is 1. The van der Waals surface area contributed by atoms with Crippen molar-refractivity contribution in [1.29, 1.82) is 0 Å². The molecule has 0 bridgehead atoms. The molecule has 28 heavy (non-hydrogen) atoms. The second-order valence-corrected chi connectivity index (χ2v) is 9.24. The van der Waals surface area contributed by atoms with E-state index in [4.69, 9.17) is 9.47 Å². The molecule has 0 radical (unpaired) electrons. The Balaban J connectivity index is 2.31. The first-order chi connectivity index (χ1) is 13.0. The molecule has 1 saturated heterocycles. The van der Waals surface area contributed by atoms with Gasteiger partial charge in [-0.05, 0) is 36.5 Å². The highest BCUT2D eigenvalue weighted by Gasteiger charge is 2.48. The Bertz CT molecular complexity index is 682. The Morgan fingerprint density at radius 1 is 1.36 bits per heavy atom. The number of hydrogen-bond acceptors (Lipinski definition) is 5. The molecule has 0 unspecified atom stereocenters. The highest BCUT2D eigenvalue weighted by Crippen LogP contribution is 2.46. The average Bonchev–Trinajstić information content (AvgIpc) is 2.99. The Hall–Kier alpha value is -1.79. The molecule has 3 atom stereocenters. The molecule has 0 aromatic heterocycles. The summed E-state index contributed by atoms with van der Waals surface area (Å²) in [6.07, 6.45) is 0.301. The van der Waals surface area contributed by atoms with Crippen molar-refractivity contribution in [3.05, 3.63) is 23.8 Å². The van der Waals surface area contributed by atoms with E-state index in [2.05, 4.69) is 20.8 Å². The van der Waals surface area contributed by atoms with Crippen LogP contribution in [0.3, 0.4) is 0 Å². The minimum Gasteiger partial charge on any atom is -0.493 e. The average molecular weight is 394 g/mol. The van der Waals surface area contributed by atoms with Crippen LogP contribution in [0.4, 0.5) is 0 Å². The number of aliphatic hydroxyl groups is 2. The second-order valence-electron chi connectivity index (χ2n) is 9.24. The standard InChI is InChI=1S/C22H35NO5/c1-15(25)22(5)14-23(20(26)13-24)12-17(22)16-7-8-18(27-6)19(11-16)28-10-9-21(2,3)4/h7-8,11,15,17,24-25H,9-10,12-14H2,1-6H3/t15-,17+,22+/m1/s1. The lowest BCUT2D eigenvalue weighted by Crippen LogP contribution is -2.38. The molecule has 0 saturated carbocycles. The van der Waals surface area contributed by atoms with Gasteiger partial charge in [-0.1, -0.05) is 33.8 Å². The van der Waals surface area contributed by atoms with Gasteiger partial charge in [0.2, 0.25) is 5.91 Å². The lowest BCUT2D eigenvalue weighted by atomic mass is 9.72. The van der Waals surface area contributed by atoms with E-state index in [1.165, 1.54) is 0 Å². The van der Waals surface area contributed by atoms with Crippen LogP contribution >= 0.6 is 0 Å². The predicted molar refractivity (Wildman–Crippen MR) is 109 cm³/mol. The summed E-state index contributed by atoms with van der Waals surface area (Å²) < 4.78 is 11.5. The van der Waals surface area contributed by atoms with Crippen LogP contribution in [0.25, 0.3) is 0 Å². The number of hydrogen-bond donors (Lipinski definition) is 2. The van der Waals surface area contributed by atoms with E-state index in [1.807, 2.05) is 25.1 Å². The number of nitrogens with zero attached hydrogens (tertiary/aromatic N) is 1. The van der Waals surface area contributed by atoms with Gasteiger partial charge in [-0.15, -0.1) is 0 Å². The Morgan fingerprint density at radius 2 is 2.04 bits per heavy atom. The van der Waals surface area contributed by atoms with Gasteiger partial charge in [-0.3, -0.25) is 4.79 Å². The van der Waals surface area contributed by atoms with E-state index in [9.17, 15) is 15.0 Å². The summed E-state index contributed by atoms with van der Waals surface area (Å²) in [5.41, 5.74) is 0.650. The zero-order valence-electron chi connectivity index (χ0n) is 18.0. The fraction of sp³-hybridized carbons (Fsp3) is 0.682. The third-order valence-corrected chi connectivity index (χ3v) is 5.87. The highest BCUT2D eigenvalue weighted by atomic mass is 16.5. The van der Waals surface area contributed by atoms with Crippen molar-refractivity contribution in [2.24, 2.45) is 10.8 Å². The number of rotatable bonds is 7. The molecule has 2 rings (SSSR count). The van der Waals surface area contributed by atoms with E-state index in [0.29, 0.717) is 31.2 Å². The monoisotopic (exact) mass is 393 g/mol. The van der Waals surface area contributed by atoms with Crippen LogP contribution in [0.2, 0.25) is 0 Å². The molecule has 6 nitrogen and oxygen atoms in total. The summed E-state index contributed by atoms with van der Waals surface area (Å²) >= 11 is 0. The van der Waals surface area contributed by atoms with Gasteiger partial charge in [0.1, 0.15) is 6.61 Å². The summed E-state index contributed by atoms with van der Waals surface area (Å²) in [5, 5.41) is 19.7. The van der Waals surface area contributed by atoms with Crippen molar-refractivity contribution in [1.82, 2.24) is 4.90 Å². The lowest BCUT2D eigenvalue weighted by Gasteiger charge is -2.33. The Morgan fingerprint density at radius 3 is 2.57 bits per heavy atom. The van der Waals surface area contributed by atoms with Crippen LogP contribution in [0.1, 0.15) is 52.5 Å². The quantitative estimate of drug-likeness (QED) is 0.745. The van der Waals surface area contributed by atoms with Gasteiger partial charge < -0.3 is 24.6 Å². The molecule has 0 spiro atoms. The molecule has 1 heterocycles. The molecule has 1 aromatic rings. The maximum absolute atomic E-state index is 12.1. The minimum absolute atomic E-state index is 0.0705. The van der Waals surface area contributed by atoms with Gasteiger partial charge in [0.05, 0.1) is 19.8 Å². The highest BCUT2D eigenvalue weighted by molar-refractivity contribution is 5.77. The summed E-state index contributed by atoms with van der Waals surface area (Å²) in [6.45, 7) is 11.2. The molecule has 6 heteroatoms. The molecule has 2 N–H and O–H groups in total. The summed E-state index contributed by atoms with van der Waals surface area (Å²) in [6, 6.07) is 5.80. The number of benzene rings is 1. The summed E-state index contributed by atoms with van der Waals surface area (Å²) in [7, 11) is 1.61. The van der Waals surface area contributed by atoms with E-state index >= 15 is 0 Å². The van der Waals surface area contributed by atoms with Crippen molar-refractivity contribution in [3.63, 3.8) is 0 Å². The van der Waals surface area contributed by atoms with E-state index in [0.717, 1.165) is 12.0 Å². The number of amides is 1. The molecular weight excluding hydrogens is 358 g/mol. The maximum atomic E-state index is 12.1. The van der Waals surface area contributed by atoms with Crippen LogP contribution < -0.4 is 9.47 Å². The van der Waals surface area contributed by atoms with Crippen molar-refractivity contribution < 1.29 is 24.5 Å². The maximum Gasteiger partial charge on any atom is 0.248 e. The van der Waals surface area contributed by atoms with Crippen LogP contribution in [-0.2, 0) is 4.79 Å². The van der Waals surface area contributed by atoms with Crippen LogP contribution in [0.5, 0.6) is 11.5 Å². The Kier molecular flexibility index (Phi) is 6.99. The topological polar surface area (TPSA) is 79.2 Å². The van der Waals surface area contributed by atoms with E-state index in [1.54, 1.807) is 18.9 Å². The van der Waals surface area contributed by atoms with Crippen LogP contribution in [-0.4, -0.2) is 60.5 Å². The fourth-order valence-corrected chi connectivity index (χ4v) is 3.70. The van der Waals surface area contributed by atoms with Crippen LogP contribution in [0.15, 0.2) is 18.2 Å². The second kappa shape index (κ2) is 8.70. The summed E-state index contributed by atoms with van der Waals surface area (Å²) in [5.74, 6) is 0.949. The number of ether oxygens (including phenoxy) is 2. The SMILES string of the molecule is COc1ccc([C@@H]2CN(C(=O)CO)C[C@@]2(C)[C@@H](C)O)cc1OCCC(C)(C)C. The number of methoxy groups -OCH3 is 1. The molecule has 1 aromatic carbocycles. The third kappa shape index (κ3) is 4.97. The normalized spacial score (nSPS) is 23.6. The zero-order chi connectivity index (χ0) is 21.1. The smallest absolute Gasteiger partial charge is 0.248 e. The number of aliphatic hydroxyl groups excluding tert-OH is 2. The lowest BCUT2D eigenvalue weighted by molar-refractivity contribution is -0.133. The molecule has 1 aliphatic heterocycles. The van der Waals surface area contributed by atoms with Crippen molar-refractivity contribution in [3.8, 4) is 11.5 Å². The van der Waals surface area contributed by atoms with Gasteiger partial charge in [0.15, 0.2) is 11.5 Å². The minimum atomic E-state index is -0.610. The molecule has 1 amide bonds. The predicted octanol–water partition coefficient (Wildman–Crippen LogP) is 2.82. The van der Waals surface area contributed by atoms with Gasteiger partial charge in [-0.2, -0.15) is 0 Å². The first-order valence-corrected chi connectivity index (χ1v) is 9.89. The molecule has 1 fully saturated rings.